The van der Waals surface area contributed by atoms with Crippen LogP contribution in [0.1, 0.15) is 31.0 Å². The molecular formula is C21H24F3N5O2S. The Bertz CT molecular complexity index is 988. The number of halogens is 3. The van der Waals surface area contributed by atoms with Crippen molar-refractivity contribution in [3.05, 3.63) is 35.5 Å². The van der Waals surface area contributed by atoms with E-state index in [1.165, 1.54) is 0 Å². The number of nitrogens with one attached hydrogen (secondary N) is 2. The standard InChI is InChI=1S/C21H24F3N5O2S/c1-13-3-2-6-29(12-13)18-10-17(21(22,23)24)26-19(27-18)28-20(32)25-11-14-4-5-15-16(9-14)31-8-7-30-15/h4-5,9-10,13H,2-3,6-8,11-12H2,1H3,(H2,25,26,27,28,32). The van der Waals surface area contributed by atoms with E-state index in [1.807, 2.05) is 23.1 Å². The van der Waals surface area contributed by atoms with Crippen molar-refractivity contribution in [2.24, 2.45) is 5.92 Å². The Labute approximate surface area is 189 Å². The molecule has 172 valence electrons. The number of hydrogen-bond acceptors (Lipinski definition) is 6. The molecule has 1 atom stereocenters. The molecule has 0 aliphatic carbocycles. The van der Waals surface area contributed by atoms with E-state index < -0.39 is 11.9 Å². The molecule has 1 saturated heterocycles. The monoisotopic (exact) mass is 467 g/mol. The lowest BCUT2D eigenvalue weighted by Gasteiger charge is -2.32. The van der Waals surface area contributed by atoms with Crippen molar-refractivity contribution < 1.29 is 22.6 Å². The first-order valence-corrected chi connectivity index (χ1v) is 10.8. The van der Waals surface area contributed by atoms with Gasteiger partial charge in [-0.2, -0.15) is 18.2 Å². The topological polar surface area (TPSA) is 71.5 Å². The summed E-state index contributed by atoms with van der Waals surface area (Å²) in [7, 11) is 0. The Morgan fingerprint density at radius 3 is 2.72 bits per heavy atom. The predicted octanol–water partition coefficient (Wildman–Crippen LogP) is 3.99. The number of rotatable bonds is 4. The van der Waals surface area contributed by atoms with E-state index >= 15 is 0 Å². The van der Waals surface area contributed by atoms with E-state index in [4.69, 9.17) is 21.7 Å². The van der Waals surface area contributed by atoms with Gasteiger partial charge in [0.1, 0.15) is 19.0 Å². The van der Waals surface area contributed by atoms with Gasteiger partial charge in [-0.1, -0.05) is 13.0 Å². The molecule has 1 unspecified atom stereocenters. The Morgan fingerprint density at radius 2 is 1.97 bits per heavy atom. The summed E-state index contributed by atoms with van der Waals surface area (Å²) in [4.78, 5) is 9.79. The van der Waals surface area contributed by atoms with Crippen LogP contribution in [-0.2, 0) is 12.7 Å². The van der Waals surface area contributed by atoms with Crippen molar-refractivity contribution in [2.75, 3.05) is 36.5 Å². The summed E-state index contributed by atoms with van der Waals surface area (Å²) in [6, 6.07) is 6.50. The molecule has 2 aliphatic rings. The first-order valence-electron chi connectivity index (χ1n) is 10.4. The van der Waals surface area contributed by atoms with Crippen molar-refractivity contribution in [3.8, 4) is 11.5 Å². The molecule has 0 spiro atoms. The zero-order valence-electron chi connectivity index (χ0n) is 17.5. The largest absolute Gasteiger partial charge is 0.486 e. The fourth-order valence-electron chi connectivity index (χ4n) is 3.72. The number of thiocarbonyl (C=S) groups is 1. The van der Waals surface area contributed by atoms with Crippen LogP contribution in [0.5, 0.6) is 11.5 Å². The van der Waals surface area contributed by atoms with Gasteiger partial charge in [0, 0.05) is 25.7 Å². The third-order valence-corrected chi connectivity index (χ3v) is 5.52. The Balaban J connectivity index is 1.45. The molecule has 2 aromatic rings. The minimum Gasteiger partial charge on any atom is -0.486 e. The molecule has 4 rings (SSSR count). The van der Waals surface area contributed by atoms with Crippen LogP contribution in [-0.4, -0.2) is 41.4 Å². The van der Waals surface area contributed by atoms with Crippen LogP contribution in [0.25, 0.3) is 0 Å². The van der Waals surface area contributed by atoms with Crippen LogP contribution >= 0.6 is 12.2 Å². The van der Waals surface area contributed by atoms with Gasteiger partial charge < -0.3 is 25.0 Å². The maximum Gasteiger partial charge on any atom is 0.433 e. The average molecular weight is 468 g/mol. The van der Waals surface area contributed by atoms with Gasteiger partial charge in [-0.25, -0.2) is 4.98 Å². The highest BCUT2D eigenvalue weighted by atomic mass is 32.1. The third-order valence-electron chi connectivity index (χ3n) is 5.27. The number of fused-ring (bicyclic) bond motifs is 1. The number of piperidine rings is 1. The molecule has 2 aliphatic heterocycles. The van der Waals surface area contributed by atoms with E-state index in [-0.39, 0.29) is 16.9 Å². The summed E-state index contributed by atoms with van der Waals surface area (Å²) < 4.78 is 51.3. The summed E-state index contributed by atoms with van der Waals surface area (Å²) in [5, 5.41) is 5.78. The van der Waals surface area contributed by atoms with Crippen LogP contribution < -0.4 is 25.0 Å². The van der Waals surface area contributed by atoms with E-state index in [1.54, 1.807) is 0 Å². The molecule has 2 N–H and O–H groups in total. The zero-order chi connectivity index (χ0) is 22.7. The van der Waals surface area contributed by atoms with Crippen molar-refractivity contribution in [3.63, 3.8) is 0 Å². The summed E-state index contributed by atoms with van der Waals surface area (Å²) in [5.74, 6) is 1.77. The Hall–Kier alpha value is -2.82. The van der Waals surface area contributed by atoms with Gasteiger partial charge >= 0.3 is 6.18 Å². The number of anilines is 2. The number of aromatic nitrogens is 2. The minimum atomic E-state index is -4.59. The molecule has 1 fully saturated rings. The highest BCUT2D eigenvalue weighted by Gasteiger charge is 2.34. The van der Waals surface area contributed by atoms with Gasteiger partial charge in [0.15, 0.2) is 22.3 Å². The van der Waals surface area contributed by atoms with Gasteiger partial charge in [0.25, 0.3) is 0 Å². The Kier molecular flexibility index (Phi) is 6.54. The lowest BCUT2D eigenvalue weighted by Crippen LogP contribution is -2.35. The van der Waals surface area contributed by atoms with Gasteiger partial charge in [0.2, 0.25) is 5.95 Å². The first-order chi connectivity index (χ1) is 15.3. The van der Waals surface area contributed by atoms with Crippen molar-refractivity contribution in [2.45, 2.75) is 32.5 Å². The molecular weight excluding hydrogens is 443 g/mol. The van der Waals surface area contributed by atoms with Crippen LogP contribution in [0, 0.1) is 5.92 Å². The molecule has 1 aromatic carbocycles. The smallest absolute Gasteiger partial charge is 0.433 e. The maximum absolute atomic E-state index is 13.4. The molecule has 0 radical (unpaired) electrons. The van der Waals surface area contributed by atoms with Crippen LogP contribution in [0.3, 0.4) is 0 Å². The molecule has 3 heterocycles. The summed E-state index contributed by atoms with van der Waals surface area (Å²) in [6.07, 6.45) is -2.63. The highest BCUT2D eigenvalue weighted by molar-refractivity contribution is 7.80. The number of alkyl halides is 3. The van der Waals surface area contributed by atoms with E-state index in [2.05, 4.69) is 27.5 Å². The highest BCUT2D eigenvalue weighted by Crippen LogP contribution is 2.32. The predicted molar refractivity (Wildman–Crippen MR) is 118 cm³/mol. The van der Waals surface area contributed by atoms with Gasteiger partial charge in [-0.3, -0.25) is 0 Å². The van der Waals surface area contributed by atoms with E-state index in [0.29, 0.717) is 50.3 Å². The molecule has 0 amide bonds. The normalized spacial score (nSPS) is 18.2. The van der Waals surface area contributed by atoms with E-state index in [9.17, 15) is 13.2 Å². The summed E-state index contributed by atoms with van der Waals surface area (Å²) in [6.45, 7) is 4.72. The van der Waals surface area contributed by atoms with Gasteiger partial charge in [-0.15, -0.1) is 0 Å². The number of hydrogen-bond donors (Lipinski definition) is 2. The average Bonchev–Trinajstić information content (AvgIpc) is 2.77. The second-order valence-corrected chi connectivity index (χ2v) is 8.32. The number of ether oxygens (including phenoxy) is 2. The molecule has 1 aromatic heterocycles. The van der Waals surface area contributed by atoms with Crippen LogP contribution in [0.15, 0.2) is 24.3 Å². The molecule has 0 bridgehead atoms. The molecule has 11 heteroatoms. The van der Waals surface area contributed by atoms with Gasteiger partial charge in [0.05, 0.1) is 0 Å². The fourth-order valence-corrected chi connectivity index (χ4v) is 3.88. The zero-order valence-corrected chi connectivity index (χ0v) is 18.4. The summed E-state index contributed by atoms with van der Waals surface area (Å²) in [5.41, 5.74) is -0.121. The van der Waals surface area contributed by atoms with Crippen molar-refractivity contribution in [1.29, 1.82) is 0 Å². The van der Waals surface area contributed by atoms with Crippen LogP contribution in [0.4, 0.5) is 24.9 Å². The SMILES string of the molecule is CC1CCCN(c2cc(C(F)(F)F)nc(NC(=S)NCc3ccc4c(c3)OCCO4)n2)C1. The molecule has 0 saturated carbocycles. The van der Waals surface area contributed by atoms with Gasteiger partial charge in [-0.05, 0) is 48.7 Å². The second-order valence-electron chi connectivity index (χ2n) is 7.91. The maximum atomic E-state index is 13.4. The lowest BCUT2D eigenvalue weighted by molar-refractivity contribution is -0.141. The first kappa shape index (κ1) is 22.4. The third kappa shape index (κ3) is 5.50. The molecule has 32 heavy (non-hydrogen) atoms. The van der Waals surface area contributed by atoms with Crippen LogP contribution in [0.2, 0.25) is 0 Å². The fraction of sp³-hybridized carbons (Fsp3) is 0.476. The second kappa shape index (κ2) is 9.35. The summed E-state index contributed by atoms with van der Waals surface area (Å²) >= 11 is 5.26. The van der Waals surface area contributed by atoms with Crippen molar-refractivity contribution >= 4 is 29.1 Å². The van der Waals surface area contributed by atoms with Crippen molar-refractivity contribution in [1.82, 2.24) is 15.3 Å². The quantitative estimate of drug-likeness (QED) is 0.655. The lowest BCUT2D eigenvalue weighted by atomic mass is 10.0. The molecule has 7 nitrogen and oxygen atoms in total. The minimum absolute atomic E-state index is 0.122. The number of nitrogens with zero attached hydrogens (tertiary/aromatic N) is 3. The number of benzene rings is 1. The Morgan fingerprint density at radius 1 is 1.19 bits per heavy atom. The van der Waals surface area contributed by atoms with E-state index in [0.717, 1.165) is 24.5 Å².